The molecule has 2 atom stereocenters. The molecule has 2 N–H and O–H groups in total. The number of aliphatic hydroxyl groups excluding tert-OH is 1. The minimum atomic E-state index is -0.839. The van der Waals surface area contributed by atoms with E-state index in [1.54, 1.807) is 19.1 Å². The Morgan fingerprint density at radius 2 is 2.16 bits per heavy atom. The number of hydrogen-bond donors (Lipinski definition) is 2. The van der Waals surface area contributed by atoms with Crippen LogP contribution in [-0.2, 0) is 4.79 Å². The Balaban J connectivity index is 2.66. The Hall–Kier alpha value is -1.62. The summed E-state index contributed by atoms with van der Waals surface area (Å²) in [4.78, 5) is 11.9. The predicted octanol–water partition coefficient (Wildman–Crippen LogP) is 1.87. The van der Waals surface area contributed by atoms with E-state index in [1.807, 2.05) is 6.92 Å². The van der Waals surface area contributed by atoms with Crippen LogP contribution in [0.5, 0.6) is 5.75 Å². The quantitative estimate of drug-likeness (QED) is 0.829. The van der Waals surface area contributed by atoms with Crippen molar-refractivity contribution in [1.29, 1.82) is 0 Å². The van der Waals surface area contributed by atoms with Crippen molar-refractivity contribution in [2.75, 3.05) is 6.61 Å². The standard InChI is InChI=1S/C14H20FNO3/c1-4-14(3,9-17)16-13(18)10(2)19-12-8-6-5-7-11(12)15/h5-8,10,17H,4,9H2,1-3H3,(H,16,18). The van der Waals surface area contributed by atoms with E-state index < -0.39 is 17.5 Å². The molecule has 106 valence electrons. The summed E-state index contributed by atoms with van der Waals surface area (Å²) in [6.07, 6.45) is -0.254. The number of ether oxygens (including phenoxy) is 1. The third-order valence-electron chi connectivity index (χ3n) is 3.06. The number of hydrogen-bond acceptors (Lipinski definition) is 3. The smallest absolute Gasteiger partial charge is 0.261 e. The normalized spacial score (nSPS) is 15.4. The molecule has 0 radical (unpaired) electrons. The maximum absolute atomic E-state index is 13.4. The molecule has 5 heteroatoms. The monoisotopic (exact) mass is 269 g/mol. The van der Waals surface area contributed by atoms with Crippen LogP contribution in [0.4, 0.5) is 4.39 Å². The molecule has 0 spiro atoms. The highest BCUT2D eigenvalue weighted by Gasteiger charge is 2.26. The van der Waals surface area contributed by atoms with Crippen LogP contribution >= 0.6 is 0 Å². The van der Waals surface area contributed by atoms with Crippen molar-refractivity contribution in [2.45, 2.75) is 38.8 Å². The number of carbonyl (C=O) groups excluding carboxylic acids is 1. The lowest BCUT2D eigenvalue weighted by Gasteiger charge is -2.28. The van der Waals surface area contributed by atoms with Crippen molar-refractivity contribution < 1.29 is 19.0 Å². The van der Waals surface area contributed by atoms with Crippen molar-refractivity contribution in [3.8, 4) is 5.75 Å². The Kier molecular flexibility index (Phi) is 5.30. The number of nitrogens with one attached hydrogen (secondary N) is 1. The van der Waals surface area contributed by atoms with Gasteiger partial charge in [0.15, 0.2) is 17.7 Å². The molecule has 0 heterocycles. The number of benzene rings is 1. The number of carbonyl (C=O) groups is 1. The average molecular weight is 269 g/mol. The second-order valence-corrected chi connectivity index (χ2v) is 4.75. The molecule has 0 aromatic heterocycles. The second-order valence-electron chi connectivity index (χ2n) is 4.75. The first-order valence-corrected chi connectivity index (χ1v) is 6.26. The van der Waals surface area contributed by atoms with Crippen LogP contribution in [0.15, 0.2) is 24.3 Å². The van der Waals surface area contributed by atoms with Gasteiger partial charge in [-0.1, -0.05) is 19.1 Å². The Morgan fingerprint density at radius 1 is 1.53 bits per heavy atom. The lowest BCUT2D eigenvalue weighted by atomic mass is 10.00. The summed E-state index contributed by atoms with van der Waals surface area (Å²) in [6.45, 7) is 4.97. The third kappa shape index (κ3) is 4.21. The average Bonchev–Trinajstić information content (AvgIpc) is 2.41. The lowest BCUT2D eigenvalue weighted by Crippen LogP contribution is -2.52. The summed E-state index contributed by atoms with van der Waals surface area (Å²) < 4.78 is 18.7. The van der Waals surface area contributed by atoms with Gasteiger partial charge in [0.1, 0.15) is 0 Å². The van der Waals surface area contributed by atoms with Crippen LogP contribution < -0.4 is 10.1 Å². The van der Waals surface area contributed by atoms with Gasteiger partial charge in [-0.05, 0) is 32.4 Å². The molecule has 1 aromatic carbocycles. The first-order valence-electron chi connectivity index (χ1n) is 6.26. The summed E-state index contributed by atoms with van der Waals surface area (Å²) >= 11 is 0. The molecule has 0 bridgehead atoms. The molecular formula is C14H20FNO3. The van der Waals surface area contributed by atoms with Gasteiger partial charge in [-0.3, -0.25) is 4.79 Å². The lowest BCUT2D eigenvalue weighted by molar-refractivity contribution is -0.129. The summed E-state index contributed by atoms with van der Waals surface area (Å²) in [6, 6.07) is 5.91. The molecule has 0 saturated heterocycles. The fraction of sp³-hybridized carbons (Fsp3) is 0.500. The highest BCUT2D eigenvalue weighted by atomic mass is 19.1. The number of halogens is 1. The van der Waals surface area contributed by atoms with Crippen LogP contribution in [0.1, 0.15) is 27.2 Å². The molecule has 0 aliphatic heterocycles. The molecular weight excluding hydrogens is 249 g/mol. The molecule has 0 fully saturated rings. The fourth-order valence-corrected chi connectivity index (χ4v) is 1.42. The van der Waals surface area contributed by atoms with Crippen LogP contribution in [0, 0.1) is 5.82 Å². The largest absolute Gasteiger partial charge is 0.478 e. The van der Waals surface area contributed by atoms with Gasteiger partial charge in [0.05, 0.1) is 12.1 Å². The maximum Gasteiger partial charge on any atom is 0.261 e. The van der Waals surface area contributed by atoms with Gasteiger partial charge < -0.3 is 15.2 Å². The van der Waals surface area contributed by atoms with Crippen molar-refractivity contribution in [3.63, 3.8) is 0 Å². The molecule has 1 aromatic rings. The molecule has 1 amide bonds. The third-order valence-corrected chi connectivity index (χ3v) is 3.06. The molecule has 19 heavy (non-hydrogen) atoms. The Bertz CT molecular complexity index is 432. The van der Waals surface area contributed by atoms with Crippen molar-refractivity contribution in [1.82, 2.24) is 5.32 Å². The number of rotatable bonds is 6. The van der Waals surface area contributed by atoms with Gasteiger partial charge in [0.25, 0.3) is 5.91 Å². The number of aliphatic hydroxyl groups is 1. The first kappa shape index (κ1) is 15.4. The molecule has 0 aliphatic rings. The van der Waals surface area contributed by atoms with E-state index in [0.29, 0.717) is 6.42 Å². The van der Waals surface area contributed by atoms with Gasteiger partial charge in [-0.2, -0.15) is 0 Å². The van der Waals surface area contributed by atoms with Crippen molar-refractivity contribution in [2.24, 2.45) is 0 Å². The zero-order valence-electron chi connectivity index (χ0n) is 11.4. The van der Waals surface area contributed by atoms with Crippen molar-refractivity contribution in [3.05, 3.63) is 30.1 Å². The minimum Gasteiger partial charge on any atom is -0.478 e. The summed E-state index contributed by atoms with van der Waals surface area (Å²) in [5.41, 5.74) is -0.691. The Morgan fingerprint density at radius 3 is 2.68 bits per heavy atom. The zero-order chi connectivity index (χ0) is 14.5. The van der Waals surface area contributed by atoms with E-state index in [0.717, 1.165) is 0 Å². The Labute approximate surface area is 112 Å². The van der Waals surface area contributed by atoms with Crippen LogP contribution in [0.3, 0.4) is 0 Å². The molecule has 0 aliphatic carbocycles. The van der Waals surface area contributed by atoms with E-state index in [9.17, 15) is 14.3 Å². The van der Waals surface area contributed by atoms with Gasteiger partial charge in [0.2, 0.25) is 0 Å². The topological polar surface area (TPSA) is 58.6 Å². The molecule has 4 nitrogen and oxygen atoms in total. The predicted molar refractivity (Wildman–Crippen MR) is 70.4 cm³/mol. The van der Waals surface area contributed by atoms with Crippen LogP contribution in [0.25, 0.3) is 0 Å². The fourth-order valence-electron chi connectivity index (χ4n) is 1.42. The summed E-state index contributed by atoms with van der Waals surface area (Å²) in [5, 5.41) is 11.9. The highest BCUT2D eigenvalue weighted by molar-refractivity contribution is 5.81. The maximum atomic E-state index is 13.4. The molecule has 1 rings (SSSR count). The minimum absolute atomic E-state index is 0.0346. The van der Waals surface area contributed by atoms with E-state index in [2.05, 4.69) is 5.32 Å². The summed E-state index contributed by atoms with van der Waals surface area (Å²) in [5.74, 6) is -0.864. The van der Waals surface area contributed by atoms with E-state index >= 15 is 0 Å². The number of amides is 1. The molecule has 2 unspecified atom stereocenters. The van der Waals surface area contributed by atoms with Crippen LogP contribution in [0.2, 0.25) is 0 Å². The second kappa shape index (κ2) is 6.52. The zero-order valence-corrected chi connectivity index (χ0v) is 11.4. The molecule has 0 saturated carbocycles. The highest BCUT2D eigenvalue weighted by Crippen LogP contribution is 2.17. The number of para-hydroxylation sites is 1. The van der Waals surface area contributed by atoms with E-state index in [4.69, 9.17) is 4.74 Å². The SMILES string of the molecule is CCC(C)(CO)NC(=O)C(C)Oc1ccccc1F. The van der Waals surface area contributed by atoms with Gasteiger partial charge in [0, 0.05) is 0 Å². The van der Waals surface area contributed by atoms with Gasteiger partial charge >= 0.3 is 0 Å². The van der Waals surface area contributed by atoms with Crippen LogP contribution in [-0.4, -0.2) is 29.3 Å². The summed E-state index contributed by atoms with van der Waals surface area (Å²) in [7, 11) is 0. The van der Waals surface area contributed by atoms with E-state index in [-0.39, 0.29) is 18.3 Å². The van der Waals surface area contributed by atoms with Crippen molar-refractivity contribution >= 4 is 5.91 Å². The van der Waals surface area contributed by atoms with Gasteiger partial charge in [-0.15, -0.1) is 0 Å². The first-order chi connectivity index (χ1) is 8.91. The van der Waals surface area contributed by atoms with E-state index in [1.165, 1.54) is 19.1 Å². The van der Waals surface area contributed by atoms with Gasteiger partial charge in [-0.25, -0.2) is 4.39 Å².